The fourth-order valence-corrected chi connectivity index (χ4v) is 1.83. The van der Waals surface area contributed by atoms with Gasteiger partial charge in [-0.3, -0.25) is 4.90 Å². The SMILES string of the molecule is CC(CN)N(C)Cc1nccn1-c1ccccc1.Cl. The molecule has 1 atom stereocenters. The minimum Gasteiger partial charge on any atom is -0.329 e. The fourth-order valence-electron chi connectivity index (χ4n) is 1.83. The number of nitrogens with two attached hydrogens (primary N) is 1. The third-order valence-corrected chi connectivity index (χ3v) is 3.24. The summed E-state index contributed by atoms with van der Waals surface area (Å²) in [5.41, 5.74) is 6.82. The summed E-state index contributed by atoms with van der Waals surface area (Å²) in [5, 5.41) is 0. The van der Waals surface area contributed by atoms with E-state index in [1.54, 1.807) is 0 Å². The lowest BCUT2D eigenvalue weighted by molar-refractivity contribution is 0.247. The monoisotopic (exact) mass is 280 g/mol. The first-order chi connectivity index (χ1) is 8.72. The first-order valence-corrected chi connectivity index (χ1v) is 6.20. The molecule has 0 spiro atoms. The molecule has 0 aliphatic rings. The maximum Gasteiger partial charge on any atom is 0.127 e. The lowest BCUT2D eigenvalue weighted by Crippen LogP contribution is -2.35. The molecule has 1 aromatic heterocycles. The Morgan fingerprint density at radius 1 is 1.32 bits per heavy atom. The fraction of sp³-hybridized carbons (Fsp3) is 0.357. The molecular formula is C14H21ClN4. The Hall–Kier alpha value is -1.36. The summed E-state index contributed by atoms with van der Waals surface area (Å²) in [7, 11) is 2.07. The zero-order chi connectivity index (χ0) is 13.0. The lowest BCUT2D eigenvalue weighted by atomic mass is 10.3. The highest BCUT2D eigenvalue weighted by molar-refractivity contribution is 5.85. The maximum absolute atomic E-state index is 5.68. The summed E-state index contributed by atoms with van der Waals surface area (Å²) in [6.45, 7) is 3.57. The van der Waals surface area contributed by atoms with Crippen molar-refractivity contribution in [3.8, 4) is 5.69 Å². The van der Waals surface area contributed by atoms with Crippen LogP contribution in [0.5, 0.6) is 0 Å². The van der Waals surface area contributed by atoms with E-state index in [0.29, 0.717) is 12.6 Å². The topological polar surface area (TPSA) is 47.1 Å². The van der Waals surface area contributed by atoms with Crippen LogP contribution < -0.4 is 5.73 Å². The predicted octanol–water partition coefficient (Wildman–Crippen LogP) is 2.07. The number of nitrogens with zero attached hydrogens (tertiary/aromatic N) is 3. The Bertz CT molecular complexity index is 483. The first kappa shape index (κ1) is 15.7. The van der Waals surface area contributed by atoms with Crippen LogP contribution >= 0.6 is 12.4 Å². The molecule has 0 aliphatic heterocycles. The van der Waals surface area contributed by atoms with Crippen molar-refractivity contribution in [3.63, 3.8) is 0 Å². The Balaban J connectivity index is 0.00000180. The highest BCUT2D eigenvalue weighted by atomic mass is 35.5. The lowest BCUT2D eigenvalue weighted by Gasteiger charge is -2.23. The van der Waals surface area contributed by atoms with Gasteiger partial charge in [-0.05, 0) is 26.1 Å². The summed E-state index contributed by atoms with van der Waals surface area (Å²) in [6.07, 6.45) is 3.83. The molecule has 2 N–H and O–H groups in total. The quantitative estimate of drug-likeness (QED) is 0.912. The van der Waals surface area contributed by atoms with Crippen LogP contribution in [-0.2, 0) is 6.54 Å². The zero-order valence-corrected chi connectivity index (χ0v) is 12.2. The number of imidazole rings is 1. The normalized spacial score (nSPS) is 12.2. The average molecular weight is 281 g/mol. The summed E-state index contributed by atoms with van der Waals surface area (Å²) in [5.74, 6) is 1.03. The Morgan fingerprint density at radius 3 is 2.63 bits per heavy atom. The Labute approximate surface area is 120 Å². The van der Waals surface area contributed by atoms with Crippen molar-refractivity contribution in [1.29, 1.82) is 0 Å². The molecule has 5 heteroatoms. The van der Waals surface area contributed by atoms with Crippen LogP contribution in [0.3, 0.4) is 0 Å². The molecule has 19 heavy (non-hydrogen) atoms. The number of likely N-dealkylation sites (N-methyl/N-ethyl adjacent to an activating group) is 1. The van der Waals surface area contributed by atoms with Crippen molar-refractivity contribution in [3.05, 3.63) is 48.5 Å². The van der Waals surface area contributed by atoms with Crippen LogP contribution in [0.4, 0.5) is 0 Å². The van der Waals surface area contributed by atoms with Gasteiger partial charge >= 0.3 is 0 Å². The molecule has 1 aromatic carbocycles. The van der Waals surface area contributed by atoms with E-state index < -0.39 is 0 Å². The maximum atomic E-state index is 5.68. The van der Waals surface area contributed by atoms with Crippen molar-refractivity contribution in [2.24, 2.45) is 5.73 Å². The smallest absolute Gasteiger partial charge is 0.127 e. The molecule has 4 nitrogen and oxygen atoms in total. The van der Waals surface area contributed by atoms with Crippen LogP contribution in [0.15, 0.2) is 42.7 Å². The van der Waals surface area contributed by atoms with Gasteiger partial charge in [-0.15, -0.1) is 12.4 Å². The van der Waals surface area contributed by atoms with Gasteiger partial charge in [0.25, 0.3) is 0 Å². The van der Waals surface area contributed by atoms with E-state index in [0.717, 1.165) is 18.1 Å². The molecular weight excluding hydrogens is 260 g/mol. The van der Waals surface area contributed by atoms with E-state index in [9.17, 15) is 0 Å². The zero-order valence-electron chi connectivity index (χ0n) is 11.4. The van der Waals surface area contributed by atoms with Crippen LogP contribution in [-0.4, -0.2) is 34.1 Å². The van der Waals surface area contributed by atoms with E-state index >= 15 is 0 Å². The molecule has 0 amide bonds. The van der Waals surface area contributed by atoms with Crippen LogP contribution in [0.2, 0.25) is 0 Å². The number of rotatable bonds is 5. The van der Waals surface area contributed by atoms with Crippen molar-refractivity contribution in [2.45, 2.75) is 19.5 Å². The highest BCUT2D eigenvalue weighted by Crippen LogP contribution is 2.12. The van der Waals surface area contributed by atoms with E-state index in [-0.39, 0.29) is 12.4 Å². The van der Waals surface area contributed by atoms with E-state index in [1.807, 2.05) is 30.6 Å². The summed E-state index contributed by atoms with van der Waals surface area (Å²) in [4.78, 5) is 6.64. The van der Waals surface area contributed by atoms with Crippen molar-refractivity contribution >= 4 is 12.4 Å². The molecule has 2 rings (SSSR count). The second-order valence-corrected chi connectivity index (χ2v) is 4.55. The van der Waals surface area contributed by atoms with Gasteiger partial charge in [0.2, 0.25) is 0 Å². The minimum absolute atomic E-state index is 0. The van der Waals surface area contributed by atoms with Crippen molar-refractivity contribution in [1.82, 2.24) is 14.5 Å². The molecule has 0 aliphatic carbocycles. The van der Waals surface area contributed by atoms with Gasteiger partial charge in [-0.25, -0.2) is 4.98 Å². The predicted molar refractivity (Wildman–Crippen MR) is 80.8 cm³/mol. The molecule has 0 saturated carbocycles. The molecule has 1 heterocycles. The molecule has 1 unspecified atom stereocenters. The third-order valence-electron chi connectivity index (χ3n) is 3.24. The second-order valence-electron chi connectivity index (χ2n) is 4.55. The Morgan fingerprint density at radius 2 is 2.00 bits per heavy atom. The number of halogens is 1. The number of aromatic nitrogens is 2. The number of benzene rings is 1. The molecule has 104 valence electrons. The number of para-hydroxylation sites is 1. The van der Waals surface area contributed by atoms with Crippen LogP contribution in [0.1, 0.15) is 12.7 Å². The third kappa shape index (κ3) is 3.80. The number of hydrogen-bond acceptors (Lipinski definition) is 3. The summed E-state index contributed by atoms with van der Waals surface area (Å²) in [6, 6.07) is 10.6. The highest BCUT2D eigenvalue weighted by Gasteiger charge is 2.11. The largest absolute Gasteiger partial charge is 0.329 e. The molecule has 0 fully saturated rings. The van der Waals surface area contributed by atoms with Gasteiger partial charge in [-0.2, -0.15) is 0 Å². The van der Waals surface area contributed by atoms with E-state index in [4.69, 9.17) is 5.73 Å². The molecule has 0 bridgehead atoms. The van der Waals surface area contributed by atoms with Crippen LogP contribution in [0.25, 0.3) is 5.69 Å². The van der Waals surface area contributed by atoms with Crippen molar-refractivity contribution in [2.75, 3.05) is 13.6 Å². The minimum atomic E-state index is 0. The van der Waals surface area contributed by atoms with Gasteiger partial charge in [-0.1, -0.05) is 18.2 Å². The summed E-state index contributed by atoms with van der Waals surface area (Å²) < 4.78 is 2.11. The second kappa shape index (κ2) is 7.28. The van der Waals surface area contributed by atoms with E-state index in [2.05, 4.69) is 40.6 Å². The average Bonchev–Trinajstić information content (AvgIpc) is 2.86. The molecule has 0 radical (unpaired) electrons. The van der Waals surface area contributed by atoms with Crippen LogP contribution in [0, 0.1) is 0 Å². The van der Waals surface area contributed by atoms with Gasteiger partial charge in [0.15, 0.2) is 0 Å². The first-order valence-electron chi connectivity index (χ1n) is 6.20. The molecule has 2 aromatic rings. The van der Waals surface area contributed by atoms with Gasteiger partial charge < -0.3 is 10.3 Å². The summed E-state index contributed by atoms with van der Waals surface area (Å²) >= 11 is 0. The molecule has 0 saturated heterocycles. The standard InChI is InChI=1S/C14H20N4.ClH/c1-12(10-15)17(2)11-14-16-8-9-18(14)13-6-4-3-5-7-13;/h3-9,12H,10-11,15H2,1-2H3;1H. The Kier molecular flexibility index (Phi) is 6.02. The van der Waals surface area contributed by atoms with Gasteiger partial charge in [0.05, 0.1) is 6.54 Å². The van der Waals surface area contributed by atoms with Gasteiger partial charge in [0.1, 0.15) is 5.82 Å². The van der Waals surface area contributed by atoms with E-state index in [1.165, 1.54) is 0 Å². The van der Waals surface area contributed by atoms with Gasteiger partial charge in [0, 0.05) is 30.7 Å². The number of hydrogen-bond donors (Lipinski definition) is 1. The van der Waals surface area contributed by atoms with Crippen molar-refractivity contribution < 1.29 is 0 Å².